The number of para-hydroxylation sites is 1. The molecule has 5 nitrogen and oxygen atoms in total. The average Bonchev–Trinajstić information content (AvgIpc) is 2.79. The van der Waals surface area contributed by atoms with Gasteiger partial charge in [0.1, 0.15) is 19.2 Å². The van der Waals surface area contributed by atoms with Gasteiger partial charge in [0.25, 0.3) is 0 Å². The maximum atomic E-state index is 13.1. The zero-order valence-corrected chi connectivity index (χ0v) is 21.0. The Balaban J connectivity index is 1.42. The molecular weight excluding hydrogens is 398 g/mol. The van der Waals surface area contributed by atoms with Crippen LogP contribution in [0.15, 0.2) is 18.2 Å². The van der Waals surface area contributed by atoms with E-state index in [2.05, 4.69) is 56.1 Å². The number of hydrogen-bond acceptors (Lipinski definition) is 3. The number of aryl methyl sites for hydroxylation is 2. The number of morpholine rings is 1. The topological polar surface area (TPSA) is 41.6 Å². The summed E-state index contributed by atoms with van der Waals surface area (Å²) in [5.74, 6) is 0.179. The van der Waals surface area contributed by atoms with Crippen LogP contribution in [0.5, 0.6) is 0 Å². The zero-order valence-electron chi connectivity index (χ0n) is 21.0. The summed E-state index contributed by atoms with van der Waals surface area (Å²) in [7, 11) is 0. The Morgan fingerprint density at radius 2 is 1.91 bits per heavy atom. The largest absolute Gasteiger partial charge is 0.367 e. The molecule has 2 heterocycles. The predicted molar refractivity (Wildman–Crippen MR) is 133 cm³/mol. The van der Waals surface area contributed by atoms with Crippen molar-refractivity contribution in [2.75, 3.05) is 51.2 Å². The molecule has 1 aromatic carbocycles. The number of piperidine rings is 1. The lowest BCUT2D eigenvalue weighted by molar-refractivity contribution is -0.936. The second kappa shape index (κ2) is 12.2. The molecule has 0 bridgehead atoms. The third-order valence-electron chi connectivity index (χ3n) is 7.76. The fourth-order valence-corrected chi connectivity index (χ4v) is 5.67. The van der Waals surface area contributed by atoms with Gasteiger partial charge in [0.2, 0.25) is 5.91 Å². The molecule has 32 heavy (non-hydrogen) atoms. The van der Waals surface area contributed by atoms with Crippen LogP contribution in [0.1, 0.15) is 69.9 Å². The molecule has 1 aromatic rings. The fraction of sp³-hybridized carbons (Fsp3) is 0.741. The second-order valence-corrected chi connectivity index (χ2v) is 10.2. The number of carbonyl (C=O) groups excluding carboxylic acids is 1. The van der Waals surface area contributed by atoms with Crippen LogP contribution in [0.25, 0.3) is 0 Å². The van der Waals surface area contributed by atoms with Crippen LogP contribution in [-0.4, -0.2) is 73.3 Å². The van der Waals surface area contributed by atoms with Gasteiger partial charge in [-0.1, -0.05) is 31.0 Å². The molecule has 5 heteroatoms. The standard InChI is InChI=1S/C27H45N3O2/c1-5-30(19-20-32-24(4)21-30)18-11-7-6-9-16-29-17-10-8-15-25(29)27(31)28-26-22(2)13-12-14-23(26)3/h12-14,24-25H,5-11,15-21H2,1-4H3/p+1. The number of amides is 1. The van der Waals surface area contributed by atoms with Crippen LogP contribution in [0.3, 0.4) is 0 Å². The summed E-state index contributed by atoms with van der Waals surface area (Å²) in [6.45, 7) is 16.6. The van der Waals surface area contributed by atoms with Crippen LogP contribution < -0.4 is 5.32 Å². The van der Waals surface area contributed by atoms with Gasteiger partial charge in [-0.2, -0.15) is 0 Å². The van der Waals surface area contributed by atoms with Crippen LogP contribution in [0, 0.1) is 13.8 Å². The highest BCUT2D eigenvalue weighted by molar-refractivity contribution is 5.96. The van der Waals surface area contributed by atoms with Gasteiger partial charge in [-0.25, -0.2) is 0 Å². The van der Waals surface area contributed by atoms with E-state index in [1.165, 1.54) is 62.8 Å². The van der Waals surface area contributed by atoms with Crippen molar-refractivity contribution >= 4 is 11.6 Å². The molecule has 2 fully saturated rings. The number of nitrogens with zero attached hydrogens (tertiary/aromatic N) is 2. The maximum Gasteiger partial charge on any atom is 0.241 e. The molecule has 0 aromatic heterocycles. The molecule has 2 aliphatic heterocycles. The van der Waals surface area contributed by atoms with Crippen molar-refractivity contribution in [3.63, 3.8) is 0 Å². The van der Waals surface area contributed by atoms with Gasteiger partial charge in [0, 0.05) is 5.69 Å². The Labute approximate surface area is 196 Å². The predicted octanol–water partition coefficient (Wildman–Crippen LogP) is 4.91. The molecule has 180 valence electrons. The van der Waals surface area contributed by atoms with E-state index in [4.69, 9.17) is 4.74 Å². The summed E-state index contributed by atoms with van der Waals surface area (Å²) >= 11 is 0. The van der Waals surface area contributed by atoms with Crippen molar-refractivity contribution < 1.29 is 14.0 Å². The molecule has 0 spiro atoms. The molecule has 0 saturated carbocycles. The zero-order chi connectivity index (χ0) is 23.0. The number of quaternary nitrogens is 1. The Morgan fingerprint density at radius 3 is 2.62 bits per heavy atom. The smallest absolute Gasteiger partial charge is 0.241 e. The number of rotatable bonds is 10. The van der Waals surface area contributed by atoms with Crippen molar-refractivity contribution in [1.29, 1.82) is 0 Å². The number of unbranched alkanes of at least 4 members (excludes halogenated alkanes) is 3. The number of nitrogens with one attached hydrogen (secondary N) is 1. The van der Waals surface area contributed by atoms with Crippen LogP contribution in [-0.2, 0) is 9.53 Å². The number of likely N-dealkylation sites (N-methyl/N-ethyl adjacent to an activating group) is 1. The lowest BCUT2D eigenvalue weighted by Crippen LogP contribution is -2.57. The van der Waals surface area contributed by atoms with E-state index in [-0.39, 0.29) is 11.9 Å². The van der Waals surface area contributed by atoms with E-state index < -0.39 is 0 Å². The summed E-state index contributed by atoms with van der Waals surface area (Å²) in [5, 5.41) is 3.25. The number of anilines is 1. The van der Waals surface area contributed by atoms with Gasteiger partial charge >= 0.3 is 0 Å². The molecule has 1 amide bonds. The summed E-state index contributed by atoms with van der Waals surface area (Å²) in [6.07, 6.45) is 8.79. The van der Waals surface area contributed by atoms with Crippen molar-refractivity contribution in [3.8, 4) is 0 Å². The Bertz CT molecular complexity index is 717. The van der Waals surface area contributed by atoms with E-state index in [1.807, 2.05) is 0 Å². The normalized spacial score (nSPS) is 26.8. The second-order valence-electron chi connectivity index (χ2n) is 10.2. The van der Waals surface area contributed by atoms with E-state index in [9.17, 15) is 4.79 Å². The number of likely N-dealkylation sites (tertiary alicyclic amines) is 1. The van der Waals surface area contributed by atoms with Gasteiger partial charge in [-0.15, -0.1) is 0 Å². The van der Waals surface area contributed by atoms with Crippen molar-refractivity contribution in [2.45, 2.75) is 84.8 Å². The quantitative estimate of drug-likeness (QED) is 0.412. The van der Waals surface area contributed by atoms with Crippen LogP contribution in [0.4, 0.5) is 5.69 Å². The minimum absolute atomic E-state index is 0.0199. The minimum Gasteiger partial charge on any atom is -0.367 e. The van der Waals surface area contributed by atoms with Gasteiger partial charge in [0.05, 0.1) is 25.7 Å². The molecule has 1 N–H and O–H groups in total. The maximum absolute atomic E-state index is 13.1. The third kappa shape index (κ3) is 6.79. The average molecular weight is 445 g/mol. The highest BCUT2D eigenvalue weighted by Gasteiger charge is 2.32. The van der Waals surface area contributed by atoms with Crippen molar-refractivity contribution in [1.82, 2.24) is 4.90 Å². The van der Waals surface area contributed by atoms with E-state index >= 15 is 0 Å². The first-order chi connectivity index (χ1) is 15.4. The Morgan fingerprint density at radius 1 is 1.16 bits per heavy atom. The molecule has 3 atom stereocenters. The first kappa shape index (κ1) is 25.2. The molecule has 2 saturated heterocycles. The molecule has 2 aliphatic rings. The van der Waals surface area contributed by atoms with E-state index in [0.717, 1.165) is 49.4 Å². The first-order valence-corrected chi connectivity index (χ1v) is 13.0. The molecule has 0 aliphatic carbocycles. The molecule has 3 unspecified atom stereocenters. The molecule has 3 rings (SSSR count). The SMILES string of the molecule is CC[N+]1(CCCCCCN2CCCCC2C(=O)Nc2c(C)cccc2C)CCOC(C)C1. The van der Waals surface area contributed by atoms with Gasteiger partial charge < -0.3 is 14.5 Å². The van der Waals surface area contributed by atoms with Crippen molar-refractivity contribution in [2.24, 2.45) is 0 Å². The number of carbonyl (C=O) groups is 1. The number of ether oxygens (including phenoxy) is 1. The Kier molecular flexibility index (Phi) is 9.57. The van der Waals surface area contributed by atoms with Crippen molar-refractivity contribution in [3.05, 3.63) is 29.3 Å². The van der Waals surface area contributed by atoms with Gasteiger partial charge in [-0.3, -0.25) is 9.69 Å². The van der Waals surface area contributed by atoms with Gasteiger partial charge in [0.15, 0.2) is 0 Å². The van der Waals surface area contributed by atoms with Gasteiger partial charge in [-0.05, 0) is 84.0 Å². The third-order valence-corrected chi connectivity index (χ3v) is 7.76. The fourth-order valence-electron chi connectivity index (χ4n) is 5.67. The number of benzene rings is 1. The lowest BCUT2D eigenvalue weighted by Gasteiger charge is -2.43. The molecule has 0 radical (unpaired) electrons. The number of hydrogen-bond donors (Lipinski definition) is 1. The summed E-state index contributed by atoms with van der Waals surface area (Å²) in [4.78, 5) is 15.6. The Hall–Kier alpha value is -1.43. The molecular formula is C27H46N3O2+. The van der Waals surface area contributed by atoms with E-state index in [0.29, 0.717) is 6.10 Å². The highest BCUT2D eigenvalue weighted by atomic mass is 16.5. The summed E-state index contributed by atoms with van der Waals surface area (Å²) < 4.78 is 7.00. The summed E-state index contributed by atoms with van der Waals surface area (Å²) in [6, 6.07) is 6.22. The van der Waals surface area contributed by atoms with Crippen LogP contribution >= 0.6 is 0 Å². The lowest BCUT2D eigenvalue weighted by atomic mass is 10.00. The monoisotopic (exact) mass is 444 g/mol. The first-order valence-electron chi connectivity index (χ1n) is 13.0. The highest BCUT2D eigenvalue weighted by Crippen LogP contribution is 2.24. The summed E-state index contributed by atoms with van der Waals surface area (Å²) in [5.41, 5.74) is 3.28. The van der Waals surface area contributed by atoms with Crippen LogP contribution in [0.2, 0.25) is 0 Å². The van der Waals surface area contributed by atoms with E-state index in [1.54, 1.807) is 0 Å². The minimum atomic E-state index is 0.0199.